The van der Waals surface area contributed by atoms with E-state index in [1.54, 1.807) is 0 Å². The van der Waals surface area contributed by atoms with Crippen molar-refractivity contribution in [2.24, 2.45) is 0 Å². The maximum absolute atomic E-state index is 12.6. The Hall–Kier alpha value is -0.270. The average Bonchev–Trinajstić information content (AvgIpc) is 2.08. The summed E-state index contributed by atoms with van der Waals surface area (Å²) in [7, 11) is 0. The van der Waals surface area contributed by atoms with Crippen molar-refractivity contribution >= 4 is 0 Å². The highest BCUT2D eigenvalue weighted by atomic mass is 19.1. The van der Waals surface area contributed by atoms with E-state index in [1.165, 1.54) is 0 Å². The summed E-state index contributed by atoms with van der Waals surface area (Å²) in [6.45, 7) is -0.606. The second kappa shape index (κ2) is 3.63. The van der Waals surface area contributed by atoms with Crippen LogP contribution in [0.25, 0.3) is 0 Å². The second-order valence-corrected chi connectivity index (χ2v) is 2.68. The number of ether oxygens (including phenoxy) is 1. The standard InChI is InChI=1S/C6H11FO5/c7-6-5(11)4(10)3(9)2(1-8)12-6/h2-6,8-11H,1H2. The molecule has 0 aromatic carbocycles. The van der Waals surface area contributed by atoms with Crippen LogP contribution in [0, 0.1) is 0 Å². The monoisotopic (exact) mass is 182 g/mol. The molecule has 1 heterocycles. The molecule has 1 rings (SSSR count). The minimum atomic E-state index is -2.07. The Kier molecular flexibility index (Phi) is 2.97. The molecule has 5 nitrogen and oxygen atoms in total. The van der Waals surface area contributed by atoms with E-state index in [4.69, 9.17) is 20.4 Å². The Morgan fingerprint density at radius 2 is 1.67 bits per heavy atom. The molecule has 0 spiro atoms. The maximum Gasteiger partial charge on any atom is 0.228 e. The van der Waals surface area contributed by atoms with Gasteiger partial charge in [0.15, 0.2) is 0 Å². The number of halogens is 1. The van der Waals surface area contributed by atoms with Crippen molar-refractivity contribution in [2.45, 2.75) is 30.8 Å². The first-order valence-electron chi connectivity index (χ1n) is 3.52. The molecule has 1 aliphatic heterocycles. The Morgan fingerprint density at radius 3 is 2.17 bits per heavy atom. The zero-order valence-electron chi connectivity index (χ0n) is 6.17. The number of aliphatic hydroxyl groups is 4. The van der Waals surface area contributed by atoms with Gasteiger partial charge in [0.1, 0.15) is 24.4 Å². The molecule has 12 heavy (non-hydrogen) atoms. The summed E-state index contributed by atoms with van der Waals surface area (Å²) >= 11 is 0. The van der Waals surface area contributed by atoms with Gasteiger partial charge in [0.2, 0.25) is 6.36 Å². The lowest BCUT2D eigenvalue weighted by Gasteiger charge is -2.36. The molecule has 0 radical (unpaired) electrons. The molecule has 1 aliphatic rings. The van der Waals surface area contributed by atoms with Crippen molar-refractivity contribution < 1.29 is 29.6 Å². The van der Waals surface area contributed by atoms with Crippen LogP contribution in [-0.2, 0) is 4.74 Å². The van der Waals surface area contributed by atoms with Crippen LogP contribution in [0.3, 0.4) is 0 Å². The summed E-state index contributed by atoms with van der Waals surface area (Å²) in [4.78, 5) is 0. The summed E-state index contributed by atoms with van der Waals surface area (Å²) in [5.41, 5.74) is 0. The van der Waals surface area contributed by atoms with Crippen LogP contribution in [0.5, 0.6) is 0 Å². The van der Waals surface area contributed by atoms with Gasteiger partial charge < -0.3 is 25.2 Å². The van der Waals surface area contributed by atoms with E-state index in [2.05, 4.69) is 4.74 Å². The van der Waals surface area contributed by atoms with Gasteiger partial charge in [0, 0.05) is 0 Å². The molecule has 1 saturated heterocycles. The molecule has 0 aromatic rings. The van der Waals surface area contributed by atoms with Crippen LogP contribution < -0.4 is 0 Å². The van der Waals surface area contributed by atoms with Gasteiger partial charge in [0.25, 0.3) is 0 Å². The number of hydrogen-bond acceptors (Lipinski definition) is 5. The molecule has 72 valence electrons. The zero-order chi connectivity index (χ0) is 9.30. The third kappa shape index (κ3) is 1.57. The van der Waals surface area contributed by atoms with Gasteiger partial charge >= 0.3 is 0 Å². The van der Waals surface area contributed by atoms with E-state index in [1.807, 2.05) is 0 Å². The highest BCUT2D eigenvalue weighted by molar-refractivity contribution is 4.88. The predicted molar refractivity (Wildman–Crippen MR) is 34.9 cm³/mol. The van der Waals surface area contributed by atoms with E-state index >= 15 is 0 Å². The molecule has 0 amide bonds. The summed E-state index contributed by atoms with van der Waals surface area (Å²) in [6, 6.07) is 0. The van der Waals surface area contributed by atoms with Gasteiger partial charge in [-0.25, -0.2) is 4.39 Å². The highest BCUT2D eigenvalue weighted by Crippen LogP contribution is 2.21. The fourth-order valence-corrected chi connectivity index (χ4v) is 1.06. The van der Waals surface area contributed by atoms with E-state index in [9.17, 15) is 4.39 Å². The van der Waals surface area contributed by atoms with Crippen molar-refractivity contribution in [2.75, 3.05) is 6.61 Å². The third-order valence-electron chi connectivity index (χ3n) is 1.83. The van der Waals surface area contributed by atoms with E-state index in [0.717, 1.165) is 0 Å². The Bertz CT molecular complexity index is 150. The van der Waals surface area contributed by atoms with Gasteiger partial charge in [-0.05, 0) is 0 Å². The van der Waals surface area contributed by atoms with Crippen LogP contribution in [0.4, 0.5) is 4.39 Å². The van der Waals surface area contributed by atoms with Crippen molar-refractivity contribution in [1.29, 1.82) is 0 Å². The Morgan fingerprint density at radius 1 is 1.08 bits per heavy atom. The zero-order valence-corrected chi connectivity index (χ0v) is 6.17. The van der Waals surface area contributed by atoms with Gasteiger partial charge in [0.05, 0.1) is 6.61 Å². The number of aliphatic hydroxyl groups excluding tert-OH is 4. The minimum Gasteiger partial charge on any atom is -0.394 e. The fraction of sp³-hybridized carbons (Fsp3) is 1.00. The number of hydrogen-bond donors (Lipinski definition) is 4. The molecule has 0 bridgehead atoms. The van der Waals surface area contributed by atoms with Gasteiger partial charge in [-0.1, -0.05) is 0 Å². The Labute approximate surface area is 68.0 Å². The molecule has 4 N–H and O–H groups in total. The Balaban J connectivity index is 2.63. The van der Waals surface area contributed by atoms with Crippen LogP contribution >= 0.6 is 0 Å². The predicted octanol–water partition coefficient (Wildman–Crippen LogP) is -2.24. The molecular formula is C6H11FO5. The van der Waals surface area contributed by atoms with E-state index in [0.29, 0.717) is 0 Å². The molecule has 0 saturated carbocycles. The van der Waals surface area contributed by atoms with Crippen LogP contribution in [0.2, 0.25) is 0 Å². The van der Waals surface area contributed by atoms with Gasteiger partial charge in [-0.2, -0.15) is 0 Å². The third-order valence-corrected chi connectivity index (χ3v) is 1.83. The highest BCUT2D eigenvalue weighted by Gasteiger charge is 2.43. The van der Waals surface area contributed by atoms with Crippen molar-refractivity contribution in [3.05, 3.63) is 0 Å². The summed E-state index contributed by atoms with van der Waals surface area (Å²) in [5.74, 6) is 0. The SMILES string of the molecule is OCC1OC(F)C(O)C(O)C1O. The molecule has 0 aliphatic carbocycles. The minimum absolute atomic E-state index is 0.606. The number of alkyl halides is 1. The summed E-state index contributed by atoms with van der Waals surface area (Å²) in [5, 5.41) is 35.4. The van der Waals surface area contributed by atoms with Crippen LogP contribution in [-0.4, -0.2) is 57.8 Å². The van der Waals surface area contributed by atoms with Gasteiger partial charge in [-0.15, -0.1) is 0 Å². The largest absolute Gasteiger partial charge is 0.394 e. The first kappa shape index (κ1) is 9.82. The first-order valence-corrected chi connectivity index (χ1v) is 3.52. The molecule has 6 heteroatoms. The number of rotatable bonds is 1. The normalized spacial score (nSPS) is 49.2. The molecule has 0 aromatic heterocycles. The average molecular weight is 182 g/mol. The van der Waals surface area contributed by atoms with E-state index in [-0.39, 0.29) is 0 Å². The van der Waals surface area contributed by atoms with Crippen molar-refractivity contribution in [3.8, 4) is 0 Å². The van der Waals surface area contributed by atoms with E-state index < -0.39 is 37.4 Å². The van der Waals surface area contributed by atoms with Crippen molar-refractivity contribution in [3.63, 3.8) is 0 Å². The summed E-state index contributed by atoms with van der Waals surface area (Å²) in [6.07, 6.45) is -8.09. The lowest BCUT2D eigenvalue weighted by Crippen LogP contribution is -2.57. The quantitative estimate of drug-likeness (QED) is 0.368. The molecule has 5 atom stereocenters. The maximum atomic E-state index is 12.6. The molecule has 1 fully saturated rings. The smallest absolute Gasteiger partial charge is 0.228 e. The topological polar surface area (TPSA) is 90.2 Å². The summed E-state index contributed by atoms with van der Waals surface area (Å²) < 4.78 is 16.9. The van der Waals surface area contributed by atoms with Gasteiger partial charge in [-0.3, -0.25) is 0 Å². The fourth-order valence-electron chi connectivity index (χ4n) is 1.06. The first-order chi connectivity index (χ1) is 5.57. The molecular weight excluding hydrogens is 171 g/mol. The van der Waals surface area contributed by atoms with Crippen LogP contribution in [0.15, 0.2) is 0 Å². The molecule has 5 unspecified atom stereocenters. The van der Waals surface area contributed by atoms with Crippen LogP contribution in [0.1, 0.15) is 0 Å². The second-order valence-electron chi connectivity index (χ2n) is 2.68. The lowest BCUT2D eigenvalue weighted by molar-refractivity contribution is -0.262. The van der Waals surface area contributed by atoms with Crippen molar-refractivity contribution in [1.82, 2.24) is 0 Å². The lowest BCUT2D eigenvalue weighted by atomic mass is 10.00.